The molecule has 4 rings (SSSR count). The number of hydrogen-bond donors (Lipinski definition) is 2. The molecule has 0 saturated carbocycles. The number of primary amides is 1. The zero-order valence-electron chi connectivity index (χ0n) is 19.0. The van der Waals surface area contributed by atoms with Gasteiger partial charge in [-0.3, -0.25) is 14.6 Å². The second kappa shape index (κ2) is 12.8. The molecule has 1 aromatic heterocycles. The Morgan fingerprint density at radius 1 is 1.06 bits per heavy atom. The van der Waals surface area contributed by atoms with Crippen molar-refractivity contribution >= 4 is 33.4 Å². The molecule has 0 bridgehead atoms. The van der Waals surface area contributed by atoms with E-state index < -0.39 is 27.5 Å². The van der Waals surface area contributed by atoms with Gasteiger partial charge in [0.25, 0.3) is 5.91 Å². The molecule has 9 heteroatoms. The summed E-state index contributed by atoms with van der Waals surface area (Å²) in [6.07, 6.45) is 2.97. The Morgan fingerprint density at radius 3 is 2.23 bits per heavy atom. The molecule has 182 valence electrons. The molecule has 2 amide bonds. The van der Waals surface area contributed by atoms with E-state index in [1.54, 1.807) is 11.0 Å². The van der Waals surface area contributed by atoms with Crippen LogP contribution in [0.3, 0.4) is 0 Å². The molecule has 0 radical (unpaired) electrons. The topological polar surface area (TPSA) is 109 Å². The zero-order valence-corrected chi connectivity index (χ0v) is 21.2. The van der Waals surface area contributed by atoms with Crippen LogP contribution in [0.15, 0.2) is 79.4 Å². The number of carbonyl (C=O) groups excluding carboxylic acids is 2. The number of nitrogens with two attached hydrogens (primary N) is 1. The molecule has 0 aliphatic carbocycles. The number of nitrogens with zero attached hydrogens (tertiary/aromatic N) is 2. The van der Waals surface area contributed by atoms with Crippen LogP contribution in [0.4, 0.5) is 2.86 Å². The van der Waals surface area contributed by atoms with E-state index in [-0.39, 0.29) is 11.8 Å². The Bertz CT molecular complexity index is 1180. The number of halogens is 2. The van der Waals surface area contributed by atoms with Crippen molar-refractivity contribution < 1.29 is 17.2 Å². The van der Waals surface area contributed by atoms with Gasteiger partial charge < -0.3 is 15.4 Å². The predicted octanol–water partition coefficient (Wildman–Crippen LogP) is 6.14. The first kappa shape index (κ1) is 26.1. The van der Waals surface area contributed by atoms with Gasteiger partial charge in [-0.15, -0.1) is 0 Å². The SMILES string of the molecule is C=CC(=O)N1CCC(c2ccc(C(N)=O)c(-c3ccc(Oc4ccccc4)cc3)n2)CC1.N=IF. The molecule has 0 unspecified atom stereocenters. The molecule has 35 heavy (non-hydrogen) atoms. The standard InChI is InChI=1S/C26H25N3O3.FHIN/c1-2-24(30)29-16-14-18(15-17-29)23-13-12-22(26(27)31)25(28-23)19-8-10-21(11-9-19)32-20-6-4-3-5-7-20;1-2-3/h2-13,18H,1,14-17H2,(H2,27,31);3H. The highest BCUT2D eigenvalue weighted by molar-refractivity contribution is 14.1. The van der Waals surface area contributed by atoms with Crippen LogP contribution >= 0.6 is 21.6 Å². The zero-order chi connectivity index (χ0) is 25.2. The smallest absolute Gasteiger partial charge is 0.250 e. The van der Waals surface area contributed by atoms with Crippen molar-refractivity contribution in [3.8, 4) is 22.8 Å². The summed E-state index contributed by atoms with van der Waals surface area (Å²) in [7, 11) is 0. The van der Waals surface area contributed by atoms with Crippen molar-refractivity contribution in [1.29, 1.82) is 3.56 Å². The molecule has 0 atom stereocenters. The molecule has 3 N–H and O–H groups in total. The van der Waals surface area contributed by atoms with Gasteiger partial charge in [0.15, 0.2) is 0 Å². The van der Waals surface area contributed by atoms with Crippen molar-refractivity contribution in [2.45, 2.75) is 18.8 Å². The van der Waals surface area contributed by atoms with Crippen LogP contribution in [-0.4, -0.2) is 34.8 Å². The minimum atomic E-state index is -1.66. The van der Waals surface area contributed by atoms with Crippen LogP contribution in [0.25, 0.3) is 11.3 Å². The molecule has 1 fully saturated rings. The number of likely N-dealkylation sites (tertiary alicyclic amines) is 1. The fraction of sp³-hybridized carbons (Fsp3) is 0.192. The summed E-state index contributed by atoms with van der Waals surface area (Å²) in [5.41, 5.74) is 8.26. The number of hydrogen-bond acceptors (Lipinski definition) is 5. The third kappa shape index (κ3) is 7.01. The molecule has 2 aromatic carbocycles. The number of aromatic nitrogens is 1. The minimum Gasteiger partial charge on any atom is -0.457 e. The number of carbonyl (C=O) groups is 2. The monoisotopic (exact) mass is 588 g/mol. The average molecular weight is 588 g/mol. The number of rotatable bonds is 6. The van der Waals surface area contributed by atoms with Gasteiger partial charge in [0.1, 0.15) is 11.5 Å². The van der Waals surface area contributed by atoms with Crippen LogP contribution < -0.4 is 10.5 Å². The maximum absolute atomic E-state index is 12.0. The van der Waals surface area contributed by atoms with E-state index in [9.17, 15) is 12.4 Å². The third-order valence-electron chi connectivity index (χ3n) is 5.69. The van der Waals surface area contributed by atoms with Crippen LogP contribution in [-0.2, 0) is 4.79 Å². The van der Waals surface area contributed by atoms with Gasteiger partial charge in [-0.25, -0.2) is 3.56 Å². The Kier molecular flexibility index (Phi) is 9.59. The summed E-state index contributed by atoms with van der Waals surface area (Å²) < 4.78 is 21.6. The normalized spacial score (nSPS) is 13.3. The van der Waals surface area contributed by atoms with Crippen molar-refractivity contribution in [1.82, 2.24) is 9.88 Å². The van der Waals surface area contributed by atoms with Crippen molar-refractivity contribution in [2.24, 2.45) is 5.73 Å². The number of ether oxygens (including phenoxy) is 1. The Hall–Kier alpha value is -3.47. The summed E-state index contributed by atoms with van der Waals surface area (Å²) in [6, 6.07) is 20.6. The highest BCUT2D eigenvalue weighted by Gasteiger charge is 2.24. The first-order valence-electron chi connectivity index (χ1n) is 10.9. The molecule has 1 aliphatic rings. The lowest BCUT2D eigenvalue weighted by Gasteiger charge is -2.31. The molecule has 0 spiro atoms. The van der Waals surface area contributed by atoms with E-state index in [1.165, 1.54) is 6.08 Å². The lowest BCUT2D eigenvalue weighted by molar-refractivity contribution is -0.127. The highest BCUT2D eigenvalue weighted by atomic mass is 127. The van der Waals surface area contributed by atoms with Gasteiger partial charge in [-0.05, 0) is 67.4 Å². The van der Waals surface area contributed by atoms with Crippen LogP contribution in [0.5, 0.6) is 11.5 Å². The fourth-order valence-corrected chi connectivity index (χ4v) is 3.95. The Balaban J connectivity index is 0.00000108. The minimum absolute atomic E-state index is 0.0426. The number of para-hydroxylation sites is 1. The van der Waals surface area contributed by atoms with Gasteiger partial charge in [-0.1, -0.05) is 24.8 Å². The van der Waals surface area contributed by atoms with E-state index in [0.29, 0.717) is 30.1 Å². The van der Waals surface area contributed by atoms with Gasteiger partial charge in [0.05, 0.1) is 11.3 Å². The fourth-order valence-electron chi connectivity index (χ4n) is 3.95. The molecule has 3 aromatic rings. The molecule has 7 nitrogen and oxygen atoms in total. The summed E-state index contributed by atoms with van der Waals surface area (Å²) in [6.45, 7) is 4.88. The van der Waals surface area contributed by atoms with E-state index in [4.69, 9.17) is 19.0 Å². The number of nitrogens with one attached hydrogen (secondary N) is 1. The lowest BCUT2D eigenvalue weighted by atomic mass is 9.91. The third-order valence-corrected chi connectivity index (χ3v) is 5.69. The lowest BCUT2D eigenvalue weighted by Crippen LogP contribution is -2.37. The van der Waals surface area contributed by atoms with Crippen molar-refractivity contribution in [3.05, 3.63) is 90.6 Å². The molecule has 1 aliphatic heterocycles. The molecular weight excluding hydrogens is 562 g/mol. The predicted molar refractivity (Wildman–Crippen MR) is 141 cm³/mol. The largest absolute Gasteiger partial charge is 0.457 e. The van der Waals surface area contributed by atoms with E-state index >= 15 is 0 Å². The van der Waals surface area contributed by atoms with Gasteiger partial charge >= 0.3 is 0 Å². The van der Waals surface area contributed by atoms with Crippen LogP contribution in [0.1, 0.15) is 34.8 Å². The Morgan fingerprint density at radius 2 is 1.66 bits per heavy atom. The summed E-state index contributed by atoms with van der Waals surface area (Å²) >= 11 is -1.66. The number of piperidine rings is 1. The first-order valence-corrected chi connectivity index (χ1v) is 12.8. The number of benzene rings is 2. The summed E-state index contributed by atoms with van der Waals surface area (Å²) in [5.74, 6) is 1.09. The van der Waals surface area contributed by atoms with Crippen LogP contribution in [0.2, 0.25) is 0 Å². The molecule has 2 heterocycles. The number of amides is 2. The Labute approximate surface area is 214 Å². The van der Waals surface area contributed by atoms with Gasteiger partial charge in [-0.2, -0.15) is 2.86 Å². The molecule has 1 saturated heterocycles. The van der Waals surface area contributed by atoms with E-state index in [1.807, 2.05) is 60.7 Å². The second-order valence-corrected chi connectivity index (χ2v) is 8.22. The van der Waals surface area contributed by atoms with Crippen molar-refractivity contribution in [2.75, 3.05) is 13.1 Å². The first-order chi connectivity index (χ1) is 17.0. The van der Waals surface area contributed by atoms with E-state index in [2.05, 4.69) is 6.58 Å². The average Bonchev–Trinajstić information content (AvgIpc) is 2.89. The number of pyridine rings is 1. The van der Waals surface area contributed by atoms with Gasteiger partial charge in [0.2, 0.25) is 27.5 Å². The maximum atomic E-state index is 12.0. The summed E-state index contributed by atoms with van der Waals surface area (Å²) in [4.78, 5) is 30.5. The van der Waals surface area contributed by atoms with E-state index in [0.717, 1.165) is 29.8 Å². The van der Waals surface area contributed by atoms with Crippen LogP contribution in [0, 0.1) is 3.56 Å². The maximum Gasteiger partial charge on any atom is 0.250 e. The molecular formula is C26H26FIN4O3. The highest BCUT2D eigenvalue weighted by Crippen LogP contribution is 2.31. The second-order valence-electron chi connectivity index (χ2n) is 7.81. The van der Waals surface area contributed by atoms with Crippen molar-refractivity contribution in [3.63, 3.8) is 0 Å². The quantitative estimate of drug-likeness (QED) is 0.267. The summed E-state index contributed by atoms with van der Waals surface area (Å²) in [5, 5.41) is 0. The van der Waals surface area contributed by atoms with Gasteiger partial charge in [0, 0.05) is 30.3 Å².